The van der Waals surface area contributed by atoms with Gasteiger partial charge in [0.05, 0.1) is 6.67 Å². The van der Waals surface area contributed by atoms with Crippen LogP contribution in [0.15, 0.2) is 0 Å². The first-order valence-corrected chi connectivity index (χ1v) is 3.01. The summed E-state index contributed by atoms with van der Waals surface area (Å²) in [6.45, 7) is 7.12. The fourth-order valence-corrected chi connectivity index (χ4v) is 0.576. The first-order chi connectivity index (χ1) is 3.85. The molecule has 8 heavy (non-hydrogen) atoms. The SMILES string of the molecule is CCN(CC)CNN. The van der Waals surface area contributed by atoms with Crippen molar-refractivity contribution < 1.29 is 0 Å². The average molecular weight is 117 g/mol. The first kappa shape index (κ1) is 7.88. The number of nitrogens with one attached hydrogen (secondary N) is 1. The van der Waals surface area contributed by atoms with Crippen molar-refractivity contribution in [2.75, 3.05) is 19.8 Å². The zero-order chi connectivity index (χ0) is 6.41. The largest absolute Gasteiger partial charge is 0.290 e. The lowest BCUT2D eigenvalue weighted by molar-refractivity contribution is 0.281. The highest BCUT2D eigenvalue weighted by molar-refractivity contribution is 4.44. The summed E-state index contributed by atoms with van der Waals surface area (Å²) in [5.41, 5.74) is 2.60. The predicted molar refractivity (Wildman–Crippen MR) is 35.1 cm³/mol. The van der Waals surface area contributed by atoms with Gasteiger partial charge in [0.1, 0.15) is 0 Å². The molecule has 0 atom stereocenters. The van der Waals surface area contributed by atoms with E-state index in [9.17, 15) is 0 Å². The van der Waals surface area contributed by atoms with Crippen molar-refractivity contribution >= 4 is 0 Å². The fourth-order valence-electron chi connectivity index (χ4n) is 0.576. The smallest absolute Gasteiger partial charge is 0.0612 e. The van der Waals surface area contributed by atoms with E-state index in [0.29, 0.717) is 0 Å². The molecule has 0 aliphatic carbocycles. The van der Waals surface area contributed by atoms with Crippen LogP contribution in [0.1, 0.15) is 13.8 Å². The van der Waals surface area contributed by atoms with Crippen molar-refractivity contribution in [2.45, 2.75) is 13.8 Å². The molecule has 0 bridgehead atoms. The van der Waals surface area contributed by atoms with Gasteiger partial charge in [-0.1, -0.05) is 13.8 Å². The molecular formula is C5H15N3. The Morgan fingerprint density at radius 2 is 1.88 bits per heavy atom. The fraction of sp³-hybridized carbons (Fsp3) is 1.00. The average Bonchev–Trinajstić information content (AvgIpc) is 1.83. The Morgan fingerprint density at radius 1 is 1.38 bits per heavy atom. The van der Waals surface area contributed by atoms with Gasteiger partial charge in [-0.25, -0.2) is 5.43 Å². The molecule has 50 valence electrons. The number of hydrogen-bond donors (Lipinski definition) is 2. The van der Waals surface area contributed by atoms with E-state index in [2.05, 4.69) is 24.2 Å². The molecule has 3 heteroatoms. The van der Waals surface area contributed by atoms with Gasteiger partial charge in [0.2, 0.25) is 0 Å². The Kier molecular flexibility index (Phi) is 4.95. The van der Waals surface area contributed by atoms with E-state index >= 15 is 0 Å². The molecule has 0 amide bonds. The molecule has 0 heterocycles. The molecule has 0 aliphatic heterocycles. The van der Waals surface area contributed by atoms with E-state index in [1.54, 1.807) is 0 Å². The number of hydrazine groups is 1. The van der Waals surface area contributed by atoms with Crippen LogP contribution in [0.3, 0.4) is 0 Å². The number of hydrogen-bond acceptors (Lipinski definition) is 3. The number of nitrogens with two attached hydrogens (primary N) is 1. The predicted octanol–water partition coefficient (Wildman–Crippen LogP) is -0.251. The van der Waals surface area contributed by atoms with Crippen molar-refractivity contribution in [3.8, 4) is 0 Å². The molecule has 0 aromatic carbocycles. The summed E-state index contributed by atoms with van der Waals surface area (Å²) in [5.74, 6) is 5.09. The zero-order valence-corrected chi connectivity index (χ0v) is 5.65. The van der Waals surface area contributed by atoms with Crippen molar-refractivity contribution in [3.05, 3.63) is 0 Å². The van der Waals surface area contributed by atoms with Gasteiger partial charge in [-0.3, -0.25) is 10.7 Å². The lowest BCUT2D eigenvalue weighted by Crippen LogP contribution is -2.37. The summed E-state index contributed by atoms with van der Waals surface area (Å²) >= 11 is 0. The van der Waals surface area contributed by atoms with E-state index < -0.39 is 0 Å². The second-order valence-corrected chi connectivity index (χ2v) is 1.67. The third-order valence-electron chi connectivity index (χ3n) is 1.21. The van der Waals surface area contributed by atoms with Crippen LogP contribution in [0, 0.1) is 0 Å². The summed E-state index contributed by atoms with van der Waals surface area (Å²) in [6, 6.07) is 0. The van der Waals surface area contributed by atoms with E-state index in [0.717, 1.165) is 19.8 Å². The van der Waals surface area contributed by atoms with Gasteiger partial charge in [0, 0.05) is 0 Å². The van der Waals surface area contributed by atoms with E-state index in [4.69, 9.17) is 5.84 Å². The van der Waals surface area contributed by atoms with Crippen LogP contribution in [0.5, 0.6) is 0 Å². The Bertz CT molecular complexity index is 42.9. The third kappa shape index (κ3) is 2.96. The van der Waals surface area contributed by atoms with Crippen molar-refractivity contribution in [1.29, 1.82) is 0 Å². The normalized spacial score (nSPS) is 10.5. The summed E-state index contributed by atoms with van der Waals surface area (Å²) in [4.78, 5) is 2.19. The molecule has 0 saturated heterocycles. The van der Waals surface area contributed by atoms with Crippen LogP contribution in [0.2, 0.25) is 0 Å². The second kappa shape index (κ2) is 5.03. The Morgan fingerprint density at radius 3 is 2.00 bits per heavy atom. The topological polar surface area (TPSA) is 41.3 Å². The third-order valence-corrected chi connectivity index (χ3v) is 1.21. The summed E-state index contributed by atoms with van der Waals surface area (Å²) in [7, 11) is 0. The molecule has 0 fully saturated rings. The molecule has 0 radical (unpaired) electrons. The van der Waals surface area contributed by atoms with Crippen LogP contribution in [-0.4, -0.2) is 24.7 Å². The van der Waals surface area contributed by atoms with Gasteiger partial charge in [-0.15, -0.1) is 0 Å². The van der Waals surface area contributed by atoms with E-state index in [-0.39, 0.29) is 0 Å². The second-order valence-electron chi connectivity index (χ2n) is 1.67. The van der Waals surface area contributed by atoms with Crippen LogP contribution >= 0.6 is 0 Å². The van der Waals surface area contributed by atoms with E-state index in [1.165, 1.54) is 0 Å². The van der Waals surface area contributed by atoms with Gasteiger partial charge < -0.3 is 0 Å². The minimum absolute atomic E-state index is 0.785. The maximum absolute atomic E-state index is 5.09. The van der Waals surface area contributed by atoms with Gasteiger partial charge in [0.15, 0.2) is 0 Å². The van der Waals surface area contributed by atoms with Gasteiger partial charge in [-0.05, 0) is 13.1 Å². The zero-order valence-electron chi connectivity index (χ0n) is 5.65. The van der Waals surface area contributed by atoms with Gasteiger partial charge in [-0.2, -0.15) is 0 Å². The molecule has 3 nitrogen and oxygen atoms in total. The Balaban J connectivity index is 3.07. The maximum atomic E-state index is 5.09. The summed E-state index contributed by atoms with van der Waals surface area (Å²) in [5, 5.41) is 0. The molecule has 0 rings (SSSR count). The minimum Gasteiger partial charge on any atom is -0.290 e. The van der Waals surface area contributed by atoms with E-state index in [1.807, 2.05) is 0 Å². The number of rotatable bonds is 4. The van der Waals surface area contributed by atoms with Crippen LogP contribution in [0.25, 0.3) is 0 Å². The van der Waals surface area contributed by atoms with Crippen LogP contribution in [-0.2, 0) is 0 Å². The quantitative estimate of drug-likeness (QED) is 0.303. The monoisotopic (exact) mass is 117 g/mol. The Labute approximate surface area is 50.8 Å². The molecule has 0 unspecified atom stereocenters. The molecule has 0 aliphatic rings. The number of nitrogens with zero attached hydrogens (tertiary/aromatic N) is 1. The maximum Gasteiger partial charge on any atom is 0.0612 e. The Hall–Kier alpha value is -0.120. The summed E-state index contributed by atoms with van der Waals surface area (Å²) in [6.07, 6.45) is 0. The molecular weight excluding hydrogens is 102 g/mol. The highest BCUT2D eigenvalue weighted by atomic mass is 15.3. The minimum atomic E-state index is 0.785. The van der Waals surface area contributed by atoms with Gasteiger partial charge >= 0.3 is 0 Å². The highest BCUT2D eigenvalue weighted by Crippen LogP contribution is 1.79. The van der Waals surface area contributed by atoms with Crippen LogP contribution < -0.4 is 11.3 Å². The first-order valence-electron chi connectivity index (χ1n) is 3.01. The molecule has 0 aromatic heterocycles. The van der Waals surface area contributed by atoms with Crippen molar-refractivity contribution in [1.82, 2.24) is 10.3 Å². The molecule has 0 saturated carbocycles. The standard InChI is InChI=1S/C5H15N3/c1-3-8(4-2)5-7-6/h7H,3-6H2,1-2H3. The lowest BCUT2D eigenvalue weighted by atomic mass is 10.6. The van der Waals surface area contributed by atoms with Crippen molar-refractivity contribution in [2.24, 2.45) is 5.84 Å². The molecule has 0 spiro atoms. The lowest BCUT2D eigenvalue weighted by Gasteiger charge is -2.15. The van der Waals surface area contributed by atoms with Crippen molar-refractivity contribution in [3.63, 3.8) is 0 Å². The molecule has 0 aromatic rings. The van der Waals surface area contributed by atoms with Gasteiger partial charge in [0.25, 0.3) is 0 Å². The van der Waals surface area contributed by atoms with Crippen LogP contribution in [0.4, 0.5) is 0 Å². The highest BCUT2D eigenvalue weighted by Gasteiger charge is 1.92. The summed E-state index contributed by atoms with van der Waals surface area (Å²) < 4.78 is 0. The molecule has 3 N–H and O–H groups in total.